The number of benzene rings is 1. The predicted octanol–water partition coefficient (Wildman–Crippen LogP) is 2.88. The molecular weight excluding hydrogens is 266 g/mol. The molecule has 0 atom stereocenters. The van der Waals surface area contributed by atoms with Crippen LogP contribution in [0.5, 0.6) is 0 Å². The molecule has 0 fully saturated rings. The zero-order valence-electron chi connectivity index (χ0n) is 9.57. The third-order valence-electron chi connectivity index (χ3n) is 2.65. The van der Waals surface area contributed by atoms with Crippen LogP contribution in [0.1, 0.15) is 25.5 Å². The minimum atomic E-state index is 0.363. The molecule has 1 heterocycles. The Labute approximate surface area is 104 Å². The van der Waals surface area contributed by atoms with Crippen molar-refractivity contribution in [2.75, 3.05) is 6.54 Å². The van der Waals surface area contributed by atoms with Gasteiger partial charge in [-0.2, -0.15) is 5.10 Å². The Morgan fingerprint density at radius 2 is 2.19 bits per heavy atom. The van der Waals surface area contributed by atoms with Crippen LogP contribution < -0.4 is 5.73 Å². The fourth-order valence-electron chi connectivity index (χ4n) is 1.86. The Balaban J connectivity index is 2.60. The van der Waals surface area contributed by atoms with Crippen molar-refractivity contribution in [1.82, 2.24) is 9.78 Å². The Bertz CT molecular complexity index is 502. The summed E-state index contributed by atoms with van der Waals surface area (Å²) in [7, 11) is 0. The molecule has 4 heteroatoms. The first-order chi connectivity index (χ1) is 7.63. The Kier molecular flexibility index (Phi) is 3.30. The zero-order chi connectivity index (χ0) is 11.7. The van der Waals surface area contributed by atoms with E-state index in [1.54, 1.807) is 0 Å². The second kappa shape index (κ2) is 4.55. The van der Waals surface area contributed by atoms with Gasteiger partial charge in [0.1, 0.15) is 4.60 Å². The van der Waals surface area contributed by atoms with Gasteiger partial charge in [0.15, 0.2) is 0 Å². The highest BCUT2D eigenvalue weighted by atomic mass is 79.9. The summed E-state index contributed by atoms with van der Waals surface area (Å²) >= 11 is 3.49. The van der Waals surface area contributed by atoms with E-state index in [4.69, 9.17) is 5.73 Å². The maximum absolute atomic E-state index is 5.58. The van der Waals surface area contributed by atoms with Crippen LogP contribution in [-0.2, 0) is 6.42 Å². The van der Waals surface area contributed by atoms with Gasteiger partial charge in [0.2, 0.25) is 0 Å². The summed E-state index contributed by atoms with van der Waals surface area (Å²) in [5, 5.41) is 5.65. The molecule has 16 heavy (non-hydrogen) atoms. The molecule has 2 rings (SSSR count). The first-order valence-electron chi connectivity index (χ1n) is 5.50. The number of aromatic nitrogens is 2. The Morgan fingerprint density at radius 1 is 1.44 bits per heavy atom. The van der Waals surface area contributed by atoms with E-state index in [1.165, 1.54) is 11.1 Å². The van der Waals surface area contributed by atoms with Crippen molar-refractivity contribution in [2.45, 2.75) is 26.3 Å². The lowest BCUT2D eigenvalue weighted by molar-refractivity contribution is 0.547. The van der Waals surface area contributed by atoms with Crippen molar-refractivity contribution in [3.05, 3.63) is 28.4 Å². The van der Waals surface area contributed by atoms with Crippen LogP contribution in [-0.4, -0.2) is 16.3 Å². The number of hydrogen-bond donors (Lipinski definition) is 1. The van der Waals surface area contributed by atoms with Crippen molar-refractivity contribution in [1.29, 1.82) is 0 Å². The second-order valence-electron chi connectivity index (χ2n) is 4.22. The molecule has 0 saturated heterocycles. The topological polar surface area (TPSA) is 43.8 Å². The summed E-state index contributed by atoms with van der Waals surface area (Å²) < 4.78 is 2.95. The lowest BCUT2D eigenvalue weighted by atomic mass is 10.1. The molecule has 0 aliphatic heterocycles. The van der Waals surface area contributed by atoms with E-state index in [2.05, 4.69) is 53.1 Å². The van der Waals surface area contributed by atoms with Gasteiger partial charge >= 0.3 is 0 Å². The quantitative estimate of drug-likeness (QED) is 0.940. The van der Waals surface area contributed by atoms with E-state index < -0.39 is 0 Å². The molecule has 2 aromatic rings. The molecule has 0 aliphatic carbocycles. The highest BCUT2D eigenvalue weighted by Gasteiger charge is 2.10. The summed E-state index contributed by atoms with van der Waals surface area (Å²) in [4.78, 5) is 0. The van der Waals surface area contributed by atoms with Gasteiger partial charge in [0, 0.05) is 11.4 Å². The average Bonchev–Trinajstić information content (AvgIpc) is 2.57. The molecule has 0 saturated carbocycles. The number of nitrogens with zero attached hydrogens (tertiary/aromatic N) is 2. The lowest BCUT2D eigenvalue weighted by Crippen LogP contribution is -2.04. The molecule has 0 amide bonds. The fourth-order valence-corrected chi connectivity index (χ4v) is 2.37. The summed E-state index contributed by atoms with van der Waals surface area (Å²) in [6.45, 7) is 4.95. The van der Waals surface area contributed by atoms with Gasteiger partial charge in [0.25, 0.3) is 0 Å². The van der Waals surface area contributed by atoms with Crippen LogP contribution in [0.25, 0.3) is 10.9 Å². The highest BCUT2D eigenvalue weighted by Crippen LogP contribution is 2.26. The van der Waals surface area contributed by atoms with Gasteiger partial charge in [-0.1, -0.05) is 6.07 Å². The monoisotopic (exact) mass is 281 g/mol. The minimum absolute atomic E-state index is 0.363. The van der Waals surface area contributed by atoms with Gasteiger partial charge in [-0.3, -0.25) is 4.68 Å². The SMILES string of the molecule is CC(C)n1nc(Br)c2ccc(CCN)cc21. The number of hydrogen-bond acceptors (Lipinski definition) is 2. The fraction of sp³-hybridized carbons (Fsp3) is 0.417. The van der Waals surface area contributed by atoms with Crippen molar-refractivity contribution >= 4 is 26.8 Å². The molecule has 86 valence electrons. The lowest BCUT2D eigenvalue weighted by Gasteiger charge is -2.07. The molecule has 1 aromatic carbocycles. The first kappa shape index (κ1) is 11.6. The van der Waals surface area contributed by atoms with Gasteiger partial charge in [-0.25, -0.2) is 0 Å². The van der Waals surface area contributed by atoms with Crippen molar-refractivity contribution in [3.63, 3.8) is 0 Å². The number of fused-ring (bicyclic) bond motifs is 1. The third kappa shape index (κ3) is 1.99. The Morgan fingerprint density at radius 3 is 2.81 bits per heavy atom. The maximum atomic E-state index is 5.58. The van der Waals surface area contributed by atoms with Crippen molar-refractivity contribution in [2.24, 2.45) is 5.73 Å². The molecule has 0 unspecified atom stereocenters. The zero-order valence-corrected chi connectivity index (χ0v) is 11.2. The van der Waals surface area contributed by atoms with Gasteiger partial charge < -0.3 is 5.73 Å². The van der Waals surface area contributed by atoms with Crippen LogP contribution in [0.3, 0.4) is 0 Å². The van der Waals surface area contributed by atoms with Crippen molar-refractivity contribution in [3.8, 4) is 0 Å². The van der Waals surface area contributed by atoms with E-state index >= 15 is 0 Å². The van der Waals surface area contributed by atoms with Crippen LogP contribution in [0, 0.1) is 0 Å². The van der Waals surface area contributed by atoms with Crippen LogP contribution in [0.4, 0.5) is 0 Å². The van der Waals surface area contributed by atoms with E-state index in [1.807, 2.05) is 4.68 Å². The number of rotatable bonds is 3. The summed E-state index contributed by atoms with van der Waals surface area (Å²) in [5.74, 6) is 0. The van der Waals surface area contributed by atoms with Crippen LogP contribution in [0.2, 0.25) is 0 Å². The molecule has 0 aliphatic rings. The van der Waals surface area contributed by atoms with E-state index in [9.17, 15) is 0 Å². The minimum Gasteiger partial charge on any atom is -0.330 e. The average molecular weight is 282 g/mol. The normalized spacial score (nSPS) is 11.6. The van der Waals surface area contributed by atoms with Gasteiger partial charge in [0.05, 0.1) is 5.52 Å². The summed E-state index contributed by atoms with van der Waals surface area (Å²) in [5.41, 5.74) is 8.02. The second-order valence-corrected chi connectivity index (χ2v) is 4.97. The van der Waals surface area contributed by atoms with Crippen molar-refractivity contribution < 1.29 is 0 Å². The molecule has 1 aromatic heterocycles. The van der Waals surface area contributed by atoms with E-state index in [0.29, 0.717) is 12.6 Å². The molecular formula is C12H16BrN3. The smallest absolute Gasteiger partial charge is 0.136 e. The summed E-state index contributed by atoms with van der Waals surface area (Å²) in [6, 6.07) is 6.77. The molecule has 0 radical (unpaired) electrons. The van der Waals surface area contributed by atoms with Gasteiger partial charge in [-0.15, -0.1) is 0 Å². The predicted molar refractivity (Wildman–Crippen MR) is 70.6 cm³/mol. The summed E-state index contributed by atoms with van der Waals surface area (Å²) in [6.07, 6.45) is 0.914. The Hall–Kier alpha value is -0.870. The first-order valence-corrected chi connectivity index (χ1v) is 6.29. The molecule has 0 bridgehead atoms. The van der Waals surface area contributed by atoms with Gasteiger partial charge in [-0.05, 0) is 60.4 Å². The van der Waals surface area contributed by atoms with Crippen LogP contribution in [0.15, 0.2) is 22.8 Å². The van der Waals surface area contributed by atoms with E-state index in [-0.39, 0.29) is 0 Å². The third-order valence-corrected chi connectivity index (χ3v) is 3.23. The molecule has 3 nitrogen and oxygen atoms in total. The standard InChI is InChI=1S/C12H16BrN3/c1-8(2)16-11-7-9(5-6-14)3-4-10(11)12(13)15-16/h3-4,7-8H,5-6,14H2,1-2H3. The molecule has 2 N–H and O–H groups in total. The molecule has 0 spiro atoms. The van der Waals surface area contributed by atoms with E-state index in [0.717, 1.165) is 16.4 Å². The number of halogens is 1. The highest BCUT2D eigenvalue weighted by molar-refractivity contribution is 9.10. The van der Waals surface area contributed by atoms with Crippen LogP contribution >= 0.6 is 15.9 Å². The largest absolute Gasteiger partial charge is 0.330 e. The number of nitrogens with two attached hydrogens (primary N) is 1. The maximum Gasteiger partial charge on any atom is 0.136 e.